The first-order valence-corrected chi connectivity index (χ1v) is 6.46. The number of nitrogens with zero attached hydrogens (tertiary/aromatic N) is 3. The number of morpholine rings is 1. The van der Waals surface area contributed by atoms with Gasteiger partial charge in [0.05, 0.1) is 13.2 Å². The number of rotatable bonds is 2. The van der Waals surface area contributed by atoms with Gasteiger partial charge in [-0.05, 0) is 26.9 Å². The summed E-state index contributed by atoms with van der Waals surface area (Å²) in [6, 6.07) is 0.595. The Kier molecular flexibility index (Phi) is 4.23. The Balaban J connectivity index is 1.92. The molecule has 2 rings (SSSR count). The van der Waals surface area contributed by atoms with Gasteiger partial charge in [-0.2, -0.15) is 0 Å². The number of urea groups is 1. The fourth-order valence-corrected chi connectivity index (χ4v) is 2.64. The molecule has 0 aromatic rings. The van der Waals surface area contributed by atoms with Gasteiger partial charge in [-0.3, -0.25) is 0 Å². The zero-order valence-corrected chi connectivity index (χ0v) is 10.9. The van der Waals surface area contributed by atoms with Gasteiger partial charge >= 0.3 is 6.03 Å². The Hall–Kier alpha value is -0.810. The van der Waals surface area contributed by atoms with Crippen LogP contribution in [-0.2, 0) is 4.74 Å². The van der Waals surface area contributed by atoms with Crippen molar-refractivity contribution >= 4 is 6.03 Å². The highest BCUT2D eigenvalue weighted by Crippen LogP contribution is 2.20. The van der Waals surface area contributed by atoms with Crippen LogP contribution in [0.4, 0.5) is 4.79 Å². The van der Waals surface area contributed by atoms with E-state index in [2.05, 4.69) is 19.0 Å². The van der Waals surface area contributed by atoms with E-state index < -0.39 is 0 Å². The summed E-state index contributed by atoms with van der Waals surface area (Å²) in [5.41, 5.74) is 0. The molecule has 0 aromatic carbocycles. The zero-order chi connectivity index (χ0) is 12.3. The average molecular weight is 241 g/mol. The molecule has 2 amide bonds. The summed E-state index contributed by atoms with van der Waals surface area (Å²) in [6.07, 6.45) is 2.27. The summed E-state index contributed by atoms with van der Waals surface area (Å²) in [6.45, 7) is 4.72. The van der Waals surface area contributed by atoms with E-state index in [1.807, 2.05) is 9.80 Å². The van der Waals surface area contributed by atoms with Crippen LogP contribution in [0.25, 0.3) is 0 Å². The summed E-state index contributed by atoms with van der Waals surface area (Å²) in [4.78, 5) is 18.5. The Bertz CT molecular complexity index is 264. The maximum atomic E-state index is 12.4. The molecule has 2 heterocycles. The molecular formula is C12H23N3O2. The lowest BCUT2D eigenvalue weighted by Crippen LogP contribution is -2.51. The molecule has 1 atom stereocenters. The quantitative estimate of drug-likeness (QED) is 0.705. The van der Waals surface area contributed by atoms with Crippen molar-refractivity contribution in [2.75, 3.05) is 53.5 Å². The van der Waals surface area contributed by atoms with Gasteiger partial charge in [-0.25, -0.2) is 4.79 Å². The van der Waals surface area contributed by atoms with Crippen molar-refractivity contribution in [2.45, 2.75) is 18.9 Å². The molecule has 0 aliphatic carbocycles. The topological polar surface area (TPSA) is 36.0 Å². The molecule has 5 nitrogen and oxygen atoms in total. The summed E-state index contributed by atoms with van der Waals surface area (Å²) >= 11 is 0. The Morgan fingerprint density at radius 3 is 2.65 bits per heavy atom. The number of carbonyl (C=O) groups excluding carboxylic acids is 1. The van der Waals surface area contributed by atoms with E-state index in [0.29, 0.717) is 19.3 Å². The number of amides is 2. The largest absolute Gasteiger partial charge is 0.378 e. The fourth-order valence-electron chi connectivity index (χ4n) is 2.64. The van der Waals surface area contributed by atoms with E-state index >= 15 is 0 Å². The number of hydrogen-bond acceptors (Lipinski definition) is 3. The van der Waals surface area contributed by atoms with Crippen molar-refractivity contribution in [3.63, 3.8) is 0 Å². The number of likely N-dealkylation sites (tertiary alicyclic amines) is 1. The minimum Gasteiger partial charge on any atom is -0.378 e. The zero-order valence-electron chi connectivity index (χ0n) is 10.9. The maximum absolute atomic E-state index is 12.4. The molecule has 2 saturated heterocycles. The second-order valence-corrected chi connectivity index (χ2v) is 5.13. The predicted octanol–water partition coefficient (Wildman–Crippen LogP) is 0.465. The first-order chi connectivity index (χ1) is 8.18. The smallest absolute Gasteiger partial charge is 0.320 e. The first-order valence-electron chi connectivity index (χ1n) is 6.46. The molecule has 0 bridgehead atoms. The summed E-state index contributed by atoms with van der Waals surface area (Å²) in [5.74, 6) is 0. The molecule has 0 N–H and O–H groups in total. The lowest BCUT2D eigenvalue weighted by Gasteiger charge is -2.34. The lowest BCUT2D eigenvalue weighted by atomic mass is 10.2. The molecule has 98 valence electrons. The molecular weight excluding hydrogens is 218 g/mol. The minimum atomic E-state index is 0.206. The summed E-state index contributed by atoms with van der Waals surface area (Å²) in [5, 5.41) is 0. The number of carbonyl (C=O) groups is 1. The number of ether oxygens (including phenoxy) is 1. The first kappa shape index (κ1) is 12.6. The Labute approximate surface area is 103 Å². The molecule has 2 aliphatic heterocycles. The SMILES string of the molecule is CN(C)CC1CCCN1C(=O)N1CCOCC1. The van der Waals surface area contributed by atoms with Crippen LogP contribution in [0.5, 0.6) is 0 Å². The Morgan fingerprint density at radius 1 is 1.29 bits per heavy atom. The molecule has 0 saturated carbocycles. The van der Waals surface area contributed by atoms with Crippen molar-refractivity contribution in [3.8, 4) is 0 Å². The van der Waals surface area contributed by atoms with Gasteiger partial charge in [0.25, 0.3) is 0 Å². The maximum Gasteiger partial charge on any atom is 0.320 e. The molecule has 17 heavy (non-hydrogen) atoms. The van der Waals surface area contributed by atoms with Crippen LogP contribution in [0.15, 0.2) is 0 Å². The normalized spacial score (nSPS) is 25.7. The third-order valence-electron chi connectivity index (χ3n) is 3.48. The van der Waals surface area contributed by atoms with Gasteiger partial charge in [0.2, 0.25) is 0 Å². The third-order valence-corrected chi connectivity index (χ3v) is 3.48. The standard InChI is InChI=1S/C12H23N3O2/c1-13(2)10-11-4-3-5-15(11)12(16)14-6-8-17-9-7-14/h11H,3-10H2,1-2H3. The van der Waals surface area contributed by atoms with Gasteiger partial charge in [-0.1, -0.05) is 0 Å². The van der Waals surface area contributed by atoms with Crippen LogP contribution in [0, 0.1) is 0 Å². The molecule has 0 aromatic heterocycles. The van der Waals surface area contributed by atoms with Crippen LogP contribution in [-0.4, -0.2) is 80.3 Å². The van der Waals surface area contributed by atoms with E-state index in [4.69, 9.17) is 4.74 Å². The highest BCUT2D eigenvalue weighted by atomic mass is 16.5. The molecule has 2 fully saturated rings. The van der Waals surface area contributed by atoms with Gasteiger partial charge in [-0.15, -0.1) is 0 Å². The van der Waals surface area contributed by atoms with Gasteiger partial charge < -0.3 is 19.4 Å². The fraction of sp³-hybridized carbons (Fsp3) is 0.917. The second kappa shape index (κ2) is 5.69. The van der Waals surface area contributed by atoms with Crippen molar-refractivity contribution in [3.05, 3.63) is 0 Å². The monoisotopic (exact) mass is 241 g/mol. The number of hydrogen-bond donors (Lipinski definition) is 0. The molecule has 0 radical (unpaired) electrons. The number of likely N-dealkylation sites (N-methyl/N-ethyl adjacent to an activating group) is 1. The predicted molar refractivity (Wildman–Crippen MR) is 66.1 cm³/mol. The van der Waals surface area contributed by atoms with E-state index in [1.54, 1.807) is 0 Å². The summed E-state index contributed by atoms with van der Waals surface area (Å²) in [7, 11) is 4.13. The van der Waals surface area contributed by atoms with Crippen molar-refractivity contribution in [1.82, 2.24) is 14.7 Å². The van der Waals surface area contributed by atoms with Crippen molar-refractivity contribution < 1.29 is 9.53 Å². The lowest BCUT2D eigenvalue weighted by molar-refractivity contribution is 0.0413. The van der Waals surface area contributed by atoms with Gasteiger partial charge in [0, 0.05) is 32.2 Å². The van der Waals surface area contributed by atoms with Gasteiger partial charge in [0.1, 0.15) is 0 Å². The minimum absolute atomic E-state index is 0.206. The van der Waals surface area contributed by atoms with E-state index in [9.17, 15) is 4.79 Å². The van der Waals surface area contributed by atoms with E-state index in [-0.39, 0.29) is 6.03 Å². The van der Waals surface area contributed by atoms with Gasteiger partial charge in [0.15, 0.2) is 0 Å². The second-order valence-electron chi connectivity index (χ2n) is 5.13. The highest BCUT2D eigenvalue weighted by molar-refractivity contribution is 5.75. The van der Waals surface area contributed by atoms with Crippen LogP contribution >= 0.6 is 0 Å². The van der Waals surface area contributed by atoms with Crippen LogP contribution in [0.3, 0.4) is 0 Å². The van der Waals surface area contributed by atoms with Crippen LogP contribution in [0.2, 0.25) is 0 Å². The van der Waals surface area contributed by atoms with Crippen molar-refractivity contribution in [2.24, 2.45) is 0 Å². The highest BCUT2D eigenvalue weighted by Gasteiger charge is 2.32. The van der Waals surface area contributed by atoms with Crippen LogP contribution < -0.4 is 0 Å². The third kappa shape index (κ3) is 3.10. The molecule has 5 heteroatoms. The van der Waals surface area contributed by atoms with Crippen molar-refractivity contribution in [1.29, 1.82) is 0 Å². The molecule has 0 spiro atoms. The summed E-state index contributed by atoms with van der Waals surface area (Å²) < 4.78 is 5.28. The van der Waals surface area contributed by atoms with E-state index in [0.717, 1.165) is 39.0 Å². The average Bonchev–Trinajstić information content (AvgIpc) is 2.76. The molecule has 1 unspecified atom stereocenters. The van der Waals surface area contributed by atoms with Crippen LogP contribution in [0.1, 0.15) is 12.8 Å². The molecule has 2 aliphatic rings. The van der Waals surface area contributed by atoms with E-state index in [1.165, 1.54) is 0 Å². The Morgan fingerprint density at radius 2 is 2.00 bits per heavy atom.